The molecular formula is C14H20N2O5. The van der Waals surface area contributed by atoms with Crippen LogP contribution in [0.4, 0.5) is 5.69 Å². The van der Waals surface area contributed by atoms with Crippen molar-refractivity contribution in [1.82, 2.24) is 5.32 Å². The van der Waals surface area contributed by atoms with Gasteiger partial charge in [0.15, 0.2) is 0 Å². The van der Waals surface area contributed by atoms with Gasteiger partial charge in [-0.3, -0.25) is 10.1 Å². The van der Waals surface area contributed by atoms with E-state index in [-0.39, 0.29) is 23.6 Å². The Morgan fingerprint density at radius 3 is 2.90 bits per heavy atom. The van der Waals surface area contributed by atoms with Crippen LogP contribution in [0, 0.1) is 10.1 Å². The zero-order valence-corrected chi connectivity index (χ0v) is 12.2. The third-order valence-electron chi connectivity index (χ3n) is 3.09. The minimum Gasteiger partial charge on any atom is -0.491 e. The van der Waals surface area contributed by atoms with Crippen LogP contribution in [0.5, 0.6) is 11.5 Å². The summed E-state index contributed by atoms with van der Waals surface area (Å²) < 4.78 is 16.7. The van der Waals surface area contributed by atoms with Crippen molar-refractivity contribution in [1.29, 1.82) is 0 Å². The number of hydrogen-bond acceptors (Lipinski definition) is 6. The van der Waals surface area contributed by atoms with Crippen LogP contribution in [0.15, 0.2) is 18.2 Å². The molecule has 21 heavy (non-hydrogen) atoms. The quantitative estimate of drug-likeness (QED) is 0.636. The third kappa shape index (κ3) is 4.30. The van der Waals surface area contributed by atoms with Gasteiger partial charge in [0.1, 0.15) is 18.5 Å². The van der Waals surface area contributed by atoms with E-state index in [0.717, 1.165) is 13.1 Å². The van der Waals surface area contributed by atoms with Crippen molar-refractivity contribution in [3.8, 4) is 11.5 Å². The maximum atomic E-state index is 10.9. The summed E-state index contributed by atoms with van der Waals surface area (Å²) in [5, 5.41) is 14.2. The Kier molecular flexibility index (Phi) is 5.35. The molecule has 1 heterocycles. The smallest absolute Gasteiger partial charge is 0.311 e. The second-order valence-corrected chi connectivity index (χ2v) is 4.86. The fraction of sp³-hybridized carbons (Fsp3) is 0.571. The maximum Gasteiger partial charge on any atom is 0.311 e. The number of rotatable bonds is 6. The number of nitro benzene ring substituents is 1. The van der Waals surface area contributed by atoms with Crippen molar-refractivity contribution in [3.63, 3.8) is 0 Å². The van der Waals surface area contributed by atoms with Crippen molar-refractivity contribution in [3.05, 3.63) is 28.3 Å². The third-order valence-corrected chi connectivity index (χ3v) is 3.09. The summed E-state index contributed by atoms with van der Waals surface area (Å²) >= 11 is 0. The van der Waals surface area contributed by atoms with Crippen molar-refractivity contribution in [2.75, 3.05) is 26.3 Å². The molecule has 1 aliphatic heterocycles. The monoisotopic (exact) mass is 296 g/mol. The van der Waals surface area contributed by atoms with Crippen molar-refractivity contribution < 1.29 is 19.1 Å². The standard InChI is InChI=1S/C14H20N2O5/c1-3-19-14-6-11(4-5-13(14)16(17)18)20-9-12-8-15-7-10(2)21-12/h4-6,10,12,15H,3,7-9H2,1-2H3. The lowest BCUT2D eigenvalue weighted by Gasteiger charge is -2.28. The van der Waals surface area contributed by atoms with Crippen LogP contribution < -0.4 is 14.8 Å². The average molecular weight is 296 g/mol. The van der Waals surface area contributed by atoms with Gasteiger partial charge in [-0.15, -0.1) is 0 Å². The van der Waals surface area contributed by atoms with Gasteiger partial charge in [-0.05, 0) is 19.9 Å². The van der Waals surface area contributed by atoms with Crippen LogP contribution >= 0.6 is 0 Å². The first-order valence-electron chi connectivity index (χ1n) is 7.00. The van der Waals surface area contributed by atoms with Crippen molar-refractivity contribution in [2.24, 2.45) is 0 Å². The van der Waals surface area contributed by atoms with Crippen LogP contribution in [0.25, 0.3) is 0 Å². The Balaban J connectivity index is 1.99. The first-order chi connectivity index (χ1) is 10.1. The van der Waals surface area contributed by atoms with Gasteiger partial charge < -0.3 is 19.5 Å². The summed E-state index contributed by atoms with van der Waals surface area (Å²) in [6.45, 7) is 6.09. The molecular weight excluding hydrogens is 276 g/mol. The van der Waals surface area contributed by atoms with Gasteiger partial charge in [0, 0.05) is 25.2 Å². The molecule has 0 radical (unpaired) electrons. The van der Waals surface area contributed by atoms with Gasteiger partial charge in [-0.1, -0.05) is 0 Å². The molecule has 7 heteroatoms. The van der Waals surface area contributed by atoms with Crippen LogP contribution in [0.1, 0.15) is 13.8 Å². The van der Waals surface area contributed by atoms with Crippen molar-refractivity contribution >= 4 is 5.69 Å². The minimum atomic E-state index is -0.468. The number of hydrogen-bond donors (Lipinski definition) is 1. The summed E-state index contributed by atoms with van der Waals surface area (Å²) in [7, 11) is 0. The Bertz CT molecular complexity index is 494. The first kappa shape index (κ1) is 15.5. The number of nitrogens with one attached hydrogen (secondary N) is 1. The molecule has 116 valence electrons. The lowest BCUT2D eigenvalue weighted by atomic mass is 10.2. The van der Waals surface area contributed by atoms with E-state index in [1.54, 1.807) is 19.1 Å². The normalized spacial score (nSPS) is 21.8. The van der Waals surface area contributed by atoms with Crippen LogP contribution in [0.3, 0.4) is 0 Å². The minimum absolute atomic E-state index is 0.0283. The van der Waals surface area contributed by atoms with Gasteiger partial charge >= 0.3 is 5.69 Å². The summed E-state index contributed by atoms with van der Waals surface area (Å²) in [5.41, 5.74) is -0.0617. The van der Waals surface area contributed by atoms with Crippen molar-refractivity contribution in [2.45, 2.75) is 26.1 Å². The van der Waals surface area contributed by atoms with E-state index in [9.17, 15) is 10.1 Å². The summed E-state index contributed by atoms with van der Waals surface area (Å²) in [6.07, 6.45) is 0.127. The fourth-order valence-electron chi connectivity index (χ4n) is 2.17. The second-order valence-electron chi connectivity index (χ2n) is 4.86. The average Bonchev–Trinajstić information content (AvgIpc) is 2.45. The van der Waals surface area contributed by atoms with E-state index in [4.69, 9.17) is 14.2 Å². The van der Waals surface area contributed by atoms with Gasteiger partial charge in [-0.2, -0.15) is 0 Å². The molecule has 2 unspecified atom stereocenters. The van der Waals surface area contributed by atoms with E-state index < -0.39 is 4.92 Å². The molecule has 1 aliphatic rings. The summed E-state index contributed by atoms with van der Waals surface area (Å²) in [5.74, 6) is 0.752. The topological polar surface area (TPSA) is 82.9 Å². The number of morpholine rings is 1. The lowest BCUT2D eigenvalue weighted by molar-refractivity contribution is -0.385. The SMILES string of the molecule is CCOc1cc(OCC2CNCC(C)O2)ccc1[N+](=O)[O-]. The molecule has 0 aliphatic carbocycles. The predicted molar refractivity (Wildman–Crippen MR) is 77.0 cm³/mol. The summed E-state index contributed by atoms with van der Waals surface area (Å²) in [6, 6.07) is 4.50. The zero-order valence-electron chi connectivity index (χ0n) is 12.2. The first-order valence-corrected chi connectivity index (χ1v) is 7.00. The van der Waals surface area contributed by atoms with E-state index in [2.05, 4.69) is 5.32 Å². The van der Waals surface area contributed by atoms with Gasteiger partial charge in [0.05, 0.1) is 17.6 Å². The highest BCUT2D eigenvalue weighted by molar-refractivity contribution is 5.50. The predicted octanol–water partition coefficient (Wildman–Crippen LogP) is 1.75. The van der Waals surface area contributed by atoms with Gasteiger partial charge in [0.2, 0.25) is 5.75 Å². The number of ether oxygens (including phenoxy) is 3. The summed E-state index contributed by atoms with van der Waals surface area (Å²) in [4.78, 5) is 10.4. The molecule has 1 N–H and O–H groups in total. The second kappa shape index (κ2) is 7.24. The Morgan fingerprint density at radius 1 is 1.43 bits per heavy atom. The Hall–Kier alpha value is -1.86. The maximum absolute atomic E-state index is 10.9. The molecule has 0 amide bonds. The molecule has 1 aromatic rings. The highest BCUT2D eigenvalue weighted by Gasteiger charge is 2.20. The zero-order chi connectivity index (χ0) is 15.2. The highest BCUT2D eigenvalue weighted by atomic mass is 16.6. The number of nitro groups is 1. The van der Waals surface area contributed by atoms with Crippen LogP contribution in [0.2, 0.25) is 0 Å². The Labute approximate surface area is 123 Å². The lowest BCUT2D eigenvalue weighted by Crippen LogP contribution is -2.45. The highest BCUT2D eigenvalue weighted by Crippen LogP contribution is 2.31. The number of nitrogens with zero attached hydrogens (tertiary/aromatic N) is 1. The Morgan fingerprint density at radius 2 is 2.24 bits per heavy atom. The van der Waals surface area contributed by atoms with Gasteiger partial charge in [0.25, 0.3) is 0 Å². The van der Waals surface area contributed by atoms with Crippen LogP contribution in [-0.4, -0.2) is 43.4 Å². The van der Waals surface area contributed by atoms with E-state index in [0.29, 0.717) is 19.0 Å². The molecule has 2 rings (SSSR count). The molecule has 0 spiro atoms. The fourth-order valence-corrected chi connectivity index (χ4v) is 2.17. The number of benzene rings is 1. The van der Waals surface area contributed by atoms with E-state index in [1.807, 2.05) is 6.92 Å². The molecule has 1 saturated heterocycles. The molecule has 7 nitrogen and oxygen atoms in total. The molecule has 0 saturated carbocycles. The molecule has 0 aromatic heterocycles. The molecule has 2 atom stereocenters. The molecule has 1 aromatic carbocycles. The van der Waals surface area contributed by atoms with Crippen LogP contribution in [-0.2, 0) is 4.74 Å². The molecule has 0 bridgehead atoms. The largest absolute Gasteiger partial charge is 0.491 e. The molecule has 1 fully saturated rings. The van der Waals surface area contributed by atoms with Gasteiger partial charge in [-0.25, -0.2) is 0 Å². The van der Waals surface area contributed by atoms with E-state index >= 15 is 0 Å². The van der Waals surface area contributed by atoms with E-state index in [1.165, 1.54) is 6.07 Å².